The third-order valence-electron chi connectivity index (χ3n) is 4.72. The zero-order chi connectivity index (χ0) is 17.8. The number of hydrogen-bond acceptors (Lipinski definition) is 4. The summed E-state index contributed by atoms with van der Waals surface area (Å²) in [5, 5.41) is 10.0. The zero-order valence-electron chi connectivity index (χ0n) is 14.6. The van der Waals surface area contributed by atoms with E-state index in [1.165, 1.54) is 5.52 Å². The normalized spacial score (nSPS) is 15.0. The first-order valence-electron chi connectivity index (χ1n) is 8.89. The van der Waals surface area contributed by atoms with Gasteiger partial charge in [0.15, 0.2) is 0 Å². The highest BCUT2D eigenvalue weighted by Crippen LogP contribution is 2.26. The fraction of sp³-hybridized carbons (Fsp3) is 0.286. The van der Waals surface area contributed by atoms with E-state index in [4.69, 9.17) is 14.7 Å². The van der Waals surface area contributed by atoms with Gasteiger partial charge in [-0.15, -0.1) is 0 Å². The number of morpholine rings is 1. The Morgan fingerprint density at radius 2 is 1.73 bits per heavy atom. The summed E-state index contributed by atoms with van der Waals surface area (Å²) in [6.07, 6.45) is 2.14. The van der Waals surface area contributed by atoms with Gasteiger partial charge < -0.3 is 14.0 Å². The Morgan fingerprint density at radius 1 is 0.962 bits per heavy atom. The van der Waals surface area contributed by atoms with Crippen molar-refractivity contribution in [3.63, 3.8) is 0 Å². The van der Waals surface area contributed by atoms with E-state index in [0.29, 0.717) is 5.56 Å². The molecule has 4 rings (SSSR count). The third kappa shape index (κ3) is 3.72. The van der Waals surface area contributed by atoms with Crippen LogP contribution in [0.25, 0.3) is 10.9 Å². The van der Waals surface area contributed by atoms with Crippen LogP contribution in [0.2, 0.25) is 0 Å². The van der Waals surface area contributed by atoms with E-state index >= 15 is 0 Å². The molecule has 1 aliphatic heterocycles. The molecule has 0 bridgehead atoms. The fourth-order valence-electron chi connectivity index (χ4n) is 3.24. The molecule has 5 nitrogen and oxygen atoms in total. The second-order valence-corrected chi connectivity index (χ2v) is 6.42. The predicted octanol–water partition coefficient (Wildman–Crippen LogP) is 3.64. The van der Waals surface area contributed by atoms with Crippen LogP contribution in [0.15, 0.2) is 54.7 Å². The molecule has 0 radical (unpaired) electrons. The van der Waals surface area contributed by atoms with Crippen LogP contribution in [0, 0.1) is 11.3 Å². The maximum Gasteiger partial charge on any atom is 0.128 e. The standard InChI is InChI=1S/C21H21N3O2/c22-16-17-1-3-19(4-2-17)26-20-5-6-21-18(15-20)7-8-24(21)10-9-23-11-13-25-14-12-23/h1-8,15H,9-14H2. The molecule has 132 valence electrons. The number of hydrogen-bond donors (Lipinski definition) is 0. The smallest absolute Gasteiger partial charge is 0.128 e. The van der Waals surface area contributed by atoms with Crippen molar-refractivity contribution < 1.29 is 9.47 Å². The van der Waals surface area contributed by atoms with Gasteiger partial charge in [-0.3, -0.25) is 4.90 Å². The van der Waals surface area contributed by atoms with Crippen molar-refractivity contribution in [1.29, 1.82) is 5.26 Å². The summed E-state index contributed by atoms with van der Waals surface area (Å²) in [5.74, 6) is 1.53. The molecular formula is C21H21N3O2. The van der Waals surface area contributed by atoms with Gasteiger partial charge in [0, 0.05) is 43.3 Å². The number of rotatable bonds is 5. The first-order valence-corrected chi connectivity index (χ1v) is 8.89. The zero-order valence-corrected chi connectivity index (χ0v) is 14.6. The molecule has 2 aromatic carbocycles. The molecule has 0 N–H and O–H groups in total. The van der Waals surface area contributed by atoms with Crippen LogP contribution in [0.4, 0.5) is 0 Å². The van der Waals surface area contributed by atoms with E-state index in [9.17, 15) is 0 Å². The average molecular weight is 347 g/mol. The van der Waals surface area contributed by atoms with Gasteiger partial charge in [0.05, 0.1) is 24.8 Å². The van der Waals surface area contributed by atoms with E-state index in [-0.39, 0.29) is 0 Å². The lowest BCUT2D eigenvalue weighted by molar-refractivity contribution is 0.0365. The van der Waals surface area contributed by atoms with Gasteiger partial charge in [-0.2, -0.15) is 5.26 Å². The van der Waals surface area contributed by atoms with Crippen molar-refractivity contribution in [1.82, 2.24) is 9.47 Å². The minimum atomic E-state index is 0.630. The summed E-state index contributed by atoms with van der Waals surface area (Å²) < 4.78 is 13.6. The highest BCUT2D eigenvalue weighted by molar-refractivity contribution is 5.81. The van der Waals surface area contributed by atoms with E-state index < -0.39 is 0 Å². The highest BCUT2D eigenvalue weighted by Gasteiger charge is 2.11. The van der Waals surface area contributed by atoms with Crippen LogP contribution in [0.3, 0.4) is 0 Å². The molecule has 0 saturated carbocycles. The average Bonchev–Trinajstić information content (AvgIpc) is 3.10. The highest BCUT2D eigenvalue weighted by atomic mass is 16.5. The van der Waals surface area contributed by atoms with E-state index in [1.807, 2.05) is 18.2 Å². The Bertz CT molecular complexity index is 919. The molecule has 0 aliphatic carbocycles. The maximum atomic E-state index is 8.86. The number of ether oxygens (including phenoxy) is 2. The molecule has 2 heterocycles. The summed E-state index contributed by atoms with van der Waals surface area (Å²) in [4.78, 5) is 2.44. The van der Waals surface area contributed by atoms with Gasteiger partial charge in [0.25, 0.3) is 0 Å². The quantitative estimate of drug-likeness (QED) is 0.707. The lowest BCUT2D eigenvalue weighted by Crippen LogP contribution is -2.38. The predicted molar refractivity (Wildman–Crippen MR) is 100 cm³/mol. The summed E-state index contributed by atoms with van der Waals surface area (Å²) in [7, 11) is 0. The number of fused-ring (bicyclic) bond motifs is 1. The van der Waals surface area contributed by atoms with E-state index in [0.717, 1.165) is 56.3 Å². The van der Waals surface area contributed by atoms with Gasteiger partial charge >= 0.3 is 0 Å². The van der Waals surface area contributed by atoms with E-state index in [2.05, 4.69) is 39.9 Å². The molecule has 1 saturated heterocycles. The first-order chi connectivity index (χ1) is 12.8. The minimum Gasteiger partial charge on any atom is -0.457 e. The van der Waals surface area contributed by atoms with Gasteiger partial charge in [0.2, 0.25) is 0 Å². The summed E-state index contributed by atoms with van der Waals surface area (Å²) in [6.45, 7) is 5.71. The monoisotopic (exact) mass is 347 g/mol. The Hall–Kier alpha value is -2.81. The molecular weight excluding hydrogens is 326 g/mol. The fourth-order valence-corrected chi connectivity index (χ4v) is 3.24. The maximum absolute atomic E-state index is 8.86. The van der Waals surface area contributed by atoms with Crippen molar-refractivity contribution in [2.75, 3.05) is 32.8 Å². The molecule has 0 atom stereocenters. The van der Waals surface area contributed by atoms with Crippen molar-refractivity contribution in [3.05, 3.63) is 60.3 Å². The van der Waals surface area contributed by atoms with Gasteiger partial charge in [-0.1, -0.05) is 0 Å². The number of nitrogens with zero attached hydrogens (tertiary/aromatic N) is 3. The largest absolute Gasteiger partial charge is 0.457 e. The number of aromatic nitrogens is 1. The van der Waals surface area contributed by atoms with Crippen LogP contribution in [-0.2, 0) is 11.3 Å². The number of benzene rings is 2. The SMILES string of the molecule is N#Cc1ccc(Oc2ccc3c(ccn3CCN3CCOCC3)c2)cc1. The lowest BCUT2D eigenvalue weighted by atomic mass is 10.2. The summed E-state index contributed by atoms with van der Waals surface area (Å²) in [5.41, 5.74) is 1.84. The lowest BCUT2D eigenvalue weighted by Gasteiger charge is -2.26. The third-order valence-corrected chi connectivity index (χ3v) is 4.72. The Kier molecular flexibility index (Phi) is 4.87. The molecule has 5 heteroatoms. The Labute approximate surface area is 153 Å². The molecule has 1 aromatic heterocycles. The summed E-state index contributed by atoms with van der Waals surface area (Å²) in [6, 6.07) is 17.5. The molecule has 1 aliphatic rings. The van der Waals surface area contributed by atoms with Crippen LogP contribution >= 0.6 is 0 Å². The Balaban J connectivity index is 1.45. The second-order valence-electron chi connectivity index (χ2n) is 6.42. The topological polar surface area (TPSA) is 50.4 Å². The van der Waals surface area contributed by atoms with E-state index in [1.54, 1.807) is 12.1 Å². The van der Waals surface area contributed by atoms with Gasteiger partial charge in [-0.05, 0) is 48.5 Å². The molecule has 3 aromatic rings. The molecule has 0 unspecified atom stereocenters. The van der Waals surface area contributed by atoms with Crippen LogP contribution < -0.4 is 4.74 Å². The van der Waals surface area contributed by atoms with Gasteiger partial charge in [-0.25, -0.2) is 0 Å². The molecule has 1 fully saturated rings. The molecule has 0 amide bonds. The first kappa shape index (κ1) is 16.6. The van der Waals surface area contributed by atoms with Crippen LogP contribution in [-0.4, -0.2) is 42.3 Å². The molecule has 26 heavy (non-hydrogen) atoms. The molecule has 0 spiro atoms. The Morgan fingerprint density at radius 3 is 2.50 bits per heavy atom. The van der Waals surface area contributed by atoms with Gasteiger partial charge in [0.1, 0.15) is 11.5 Å². The van der Waals surface area contributed by atoms with Crippen molar-refractivity contribution in [2.45, 2.75) is 6.54 Å². The van der Waals surface area contributed by atoms with Crippen LogP contribution in [0.5, 0.6) is 11.5 Å². The van der Waals surface area contributed by atoms with Crippen LogP contribution in [0.1, 0.15) is 5.56 Å². The summed E-state index contributed by atoms with van der Waals surface area (Å²) >= 11 is 0. The minimum absolute atomic E-state index is 0.630. The number of nitriles is 1. The second kappa shape index (κ2) is 7.61. The van der Waals surface area contributed by atoms with Crippen molar-refractivity contribution >= 4 is 10.9 Å². The van der Waals surface area contributed by atoms with Crippen molar-refractivity contribution in [2.24, 2.45) is 0 Å². The van der Waals surface area contributed by atoms with Crippen molar-refractivity contribution in [3.8, 4) is 17.6 Å².